The standard InChI is InChI=1S/C11H14O2/c1-4-6-10-11(9(3)5-2)13-8-7-12-10/h4-6H,1-2,7-8H2,3H3/b10-6+,11-9+. The molecule has 2 nitrogen and oxygen atoms in total. The van der Waals surface area contributed by atoms with Crippen molar-refractivity contribution in [1.82, 2.24) is 0 Å². The molecule has 0 amide bonds. The van der Waals surface area contributed by atoms with E-state index in [1.165, 1.54) is 0 Å². The summed E-state index contributed by atoms with van der Waals surface area (Å²) in [5.74, 6) is 1.50. The summed E-state index contributed by atoms with van der Waals surface area (Å²) in [6.45, 7) is 10.4. The fraction of sp³-hybridized carbons (Fsp3) is 0.273. The third kappa shape index (κ3) is 2.25. The molecule has 70 valence electrons. The molecule has 0 saturated carbocycles. The lowest BCUT2D eigenvalue weighted by molar-refractivity contribution is 0.0583. The zero-order valence-electron chi connectivity index (χ0n) is 7.88. The molecule has 1 aliphatic heterocycles. The first-order chi connectivity index (χ1) is 6.29. The van der Waals surface area contributed by atoms with E-state index in [-0.39, 0.29) is 0 Å². The Morgan fingerprint density at radius 3 is 2.62 bits per heavy atom. The van der Waals surface area contributed by atoms with Gasteiger partial charge in [-0.05, 0) is 18.6 Å². The van der Waals surface area contributed by atoms with Crippen LogP contribution in [0.15, 0.2) is 48.5 Å². The Balaban J connectivity index is 2.97. The second-order valence-corrected chi connectivity index (χ2v) is 2.68. The lowest BCUT2D eigenvalue weighted by atomic mass is 10.2. The zero-order valence-corrected chi connectivity index (χ0v) is 7.88. The van der Waals surface area contributed by atoms with Gasteiger partial charge in [-0.2, -0.15) is 0 Å². The van der Waals surface area contributed by atoms with Crippen molar-refractivity contribution in [2.24, 2.45) is 0 Å². The van der Waals surface area contributed by atoms with Crippen molar-refractivity contribution in [1.29, 1.82) is 0 Å². The maximum absolute atomic E-state index is 5.46. The van der Waals surface area contributed by atoms with Gasteiger partial charge in [-0.25, -0.2) is 0 Å². The Labute approximate surface area is 78.9 Å². The SMILES string of the molecule is C=C/C=C1/OCCO/C1=C(\C)C=C. The Hall–Kier alpha value is -1.44. The maximum Gasteiger partial charge on any atom is 0.164 e. The third-order valence-electron chi connectivity index (χ3n) is 1.74. The van der Waals surface area contributed by atoms with E-state index in [0.29, 0.717) is 13.2 Å². The zero-order chi connectivity index (χ0) is 9.68. The van der Waals surface area contributed by atoms with Crippen molar-refractivity contribution in [3.05, 3.63) is 48.5 Å². The van der Waals surface area contributed by atoms with Crippen molar-refractivity contribution in [3.63, 3.8) is 0 Å². The molecular weight excluding hydrogens is 164 g/mol. The molecule has 0 spiro atoms. The van der Waals surface area contributed by atoms with Crippen LogP contribution in [0, 0.1) is 0 Å². The first-order valence-corrected chi connectivity index (χ1v) is 4.21. The van der Waals surface area contributed by atoms with Crippen LogP contribution in [0.3, 0.4) is 0 Å². The molecule has 0 aromatic rings. The molecule has 0 unspecified atom stereocenters. The average Bonchev–Trinajstić information content (AvgIpc) is 2.18. The van der Waals surface area contributed by atoms with Gasteiger partial charge < -0.3 is 9.47 Å². The van der Waals surface area contributed by atoms with E-state index in [1.807, 2.05) is 6.92 Å². The van der Waals surface area contributed by atoms with Gasteiger partial charge in [0, 0.05) is 0 Å². The minimum absolute atomic E-state index is 0.591. The smallest absolute Gasteiger partial charge is 0.164 e. The highest BCUT2D eigenvalue weighted by Gasteiger charge is 2.14. The predicted octanol–water partition coefficient (Wildman–Crippen LogP) is 2.56. The summed E-state index contributed by atoms with van der Waals surface area (Å²) < 4.78 is 10.9. The molecule has 1 fully saturated rings. The molecule has 0 radical (unpaired) electrons. The molecule has 0 N–H and O–H groups in total. The van der Waals surface area contributed by atoms with Gasteiger partial charge >= 0.3 is 0 Å². The summed E-state index contributed by atoms with van der Waals surface area (Å²) in [5, 5.41) is 0. The van der Waals surface area contributed by atoms with Crippen LogP contribution in [0.25, 0.3) is 0 Å². The highest BCUT2D eigenvalue weighted by molar-refractivity contribution is 5.33. The van der Waals surface area contributed by atoms with E-state index in [2.05, 4.69) is 13.2 Å². The van der Waals surface area contributed by atoms with Gasteiger partial charge in [-0.3, -0.25) is 0 Å². The highest BCUT2D eigenvalue weighted by Crippen LogP contribution is 2.22. The first kappa shape index (κ1) is 9.65. The Morgan fingerprint density at radius 2 is 2.00 bits per heavy atom. The van der Waals surface area contributed by atoms with E-state index in [4.69, 9.17) is 9.47 Å². The second-order valence-electron chi connectivity index (χ2n) is 2.68. The van der Waals surface area contributed by atoms with Crippen LogP contribution >= 0.6 is 0 Å². The van der Waals surface area contributed by atoms with E-state index in [0.717, 1.165) is 17.1 Å². The van der Waals surface area contributed by atoms with Crippen LogP contribution in [0.1, 0.15) is 6.92 Å². The lowest BCUT2D eigenvalue weighted by Crippen LogP contribution is -2.15. The van der Waals surface area contributed by atoms with E-state index < -0.39 is 0 Å². The fourth-order valence-electron chi connectivity index (χ4n) is 1.06. The second kappa shape index (κ2) is 4.55. The molecular formula is C11H14O2. The van der Waals surface area contributed by atoms with Gasteiger partial charge in [-0.15, -0.1) is 0 Å². The third-order valence-corrected chi connectivity index (χ3v) is 1.74. The van der Waals surface area contributed by atoms with Crippen molar-refractivity contribution in [3.8, 4) is 0 Å². The van der Waals surface area contributed by atoms with Crippen LogP contribution in [-0.2, 0) is 9.47 Å². The molecule has 2 heteroatoms. The minimum atomic E-state index is 0.591. The fourth-order valence-corrected chi connectivity index (χ4v) is 1.06. The summed E-state index contributed by atoms with van der Waals surface area (Å²) in [6.07, 6.45) is 5.23. The molecule has 0 aromatic carbocycles. The van der Waals surface area contributed by atoms with Crippen molar-refractivity contribution in [2.45, 2.75) is 6.92 Å². The first-order valence-electron chi connectivity index (χ1n) is 4.21. The van der Waals surface area contributed by atoms with Crippen LogP contribution in [0.2, 0.25) is 0 Å². The van der Waals surface area contributed by atoms with Crippen LogP contribution in [0.4, 0.5) is 0 Å². The van der Waals surface area contributed by atoms with E-state index in [1.54, 1.807) is 18.2 Å². The topological polar surface area (TPSA) is 18.5 Å². The molecule has 1 aliphatic rings. The summed E-state index contributed by atoms with van der Waals surface area (Å²) in [7, 11) is 0. The lowest BCUT2D eigenvalue weighted by Gasteiger charge is -2.21. The molecule has 0 aromatic heterocycles. The van der Waals surface area contributed by atoms with Crippen LogP contribution in [-0.4, -0.2) is 13.2 Å². The molecule has 1 heterocycles. The van der Waals surface area contributed by atoms with Gasteiger partial charge in [0.15, 0.2) is 11.5 Å². The number of hydrogen-bond donors (Lipinski definition) is 0. The van der Waals surface area contributed by atoms with Crippen molar-refractivity contribution in [2.75, 3.05) is 13.2 Å². The van der Waals surface area contributed by atoms with E-state index >= 15 is 0 Å². The van der Waals surface area contributed by atoms with Crippen molar-refractivity contribution >= 4 is 0 Å². The van der Waals surface area contributed by atoms with Crippen molar-refractivity contribution < 1.29 is 9.47 Å². The van der Waals surface area contributed by atoms with Crippen LogP contribution < -0.4 is 0 Å². The number of hydrogen-bond acceptors (Lipinski definition) is 2. The largest absolute Gasteiger partial charge is 0.486 e. The number of ether oxygens (including phenoxy) is 2. The monoisotopic (exact) mass is 178 g/mol. The van der Waals surface area contributed by atoms with Gasteiger partial charge in [0.1, 0.15) is 13.2 Å². The molecule has 1 saturated heterocycles. The molecule has 0 atom stereocenters. The number of rotatable bonds is 2. The van der Waals surface area contributed by atoms with Gasteiger partial charge in [-0.1, -0.05) is 25.3 Å². The Kier molecular flexibility index (Phi) is 3.38. The van der Waals surface area contributed by atoms with Gasteiger partial charge in [0.05, 0.1) is 0 Å². The summed E-state index contributed by atoms with van der Waals surface area (Å²) in [5.41, 5.74) is 0.979. The van der Waals surface area contributed by atoms with Gasteiger partial charge in [0.25, 0.3) is 0 Å². The van der Waals surface area contributed by atoms with Gasteiger partial charge in [0.2, 0.25) is 0 Å². The number of allylic oxidation sites excluding steroid dienone is 4. The Morgan fingerprint density at radius 1 is 1.31 bits per heavy atom. The summed E-state index contributed by atoms with van der Waals surface area (Å²) >= 11 is 0. The van der Waals surface area contributed by atoms with Crippen LogP contribution in [0.5, 0.6) is 0 Å². The quantitative estimate of drug-likeness (QED) is 0.647. The Bertz CT molecular complexity index is 272. The molecule has 0 bridgehead atoms. The average molecular weight is 178 g/mol. The minimum Gasteiger partial charge on any atom is -0.486 e. The van der Waals surface area contributed by atoms with E-state index in [9.17, 15) is 0 Å². The predicted molar refractivity (Wildman–Crippen MR) is 53.1 cm³/mol. The maximum atomic E-state index is 5.46. The summed E-state index contributed by atoms with van der Waals surface area (Å²) in [6, 6.07) is 0. The molecule has 1 rings (SSSR count). The molecule has 13 heavy (non-hydrogen) atoms. The normalized spacial score (nSPS) is 23.0. The highest BCUT2D eigenvalue weighted by atomic mass is 16.6. The summed E-state index contributed by atoms with van der Waals surface area (Å²) in [4.78, 5) is 0. The molecule has 0 aliphatic carbocycles.